The van der Waals surface area contributed by atoms with Crippen molar-refractivity contribution in [1.82, 2.24) is 0 Å². The molecule has 0 saturated heterocycles. The van der Waals surface area contributed by atoms with Gasteiger partial charge in [-0.15, -0.1) is 0 Å². The van der Waals surface area contributed by atoms with Gasteiger partial charge in [0.05, 0.1) is 0 Å². The van der Waals surface area contributed by atoms with Crippen LogP contribution >= 0.6 is 0 Å². The van der Waals surface area contributed by atoms with Gasteiger partial charge < -0.3 is 5.48 Å². The quantitative estimate of drug-likeness (QED) is 0.658. The standard InChI is InChI=1S/3C2H3.H2O.Sn/c3*1-2;;/h3*1H,2H2;1H2;/q;;;;+1/p-1. The Kier molecular flexibility index (Phi) is 9.48. The second kappa shape index (κ2) is 6.98. The fraction of sp³-hybridized carbons (Fsp3) is 0. The molecule has 0 aliphatic rings. The predicted octanol–water partition coefficient (Wildman–Crippen LogP) is 1.48. The van der Waals surface area contributed by atoms with Crippen LogP contribution in [0.1, 0.15) is 0 Å². The zero-order chi connectivity index (χ0) is 5.70. The van der Waals surface area contributed by atoms with Crippen LogP contribution in [0, 0.1) is 0 Å². The van der Waals surface area contributed by atoms with Crippen molar-refractivity contribution in [2.45, 2.75) is 0 Å². The van der Waals surface area contributed by atoms with Gasteiger partial charge in [-0.2, -0.15) is 0 Å². The number of rotatable bonds is 3. The van der Waals surface area contributed by atoms with E-state index in [-0.39, 0.29) is 5.48 Å². The Bertz CT molecular complexity index is 69.5. The molecule has 2 heteroatoms. The van der Waals surface area contributed by atoms with E-state index in [1.54, 1.807) is 0 Å². The van der Waals surface area contributed by atoms with Crippen LogP contribution in [0.3, 0.4) is 0 Å². The van der Waals surface area contributed by atoms with E-state index in [4.69, 9.17) is 0 Å². The third-order valence-corrected chi connectivity index (χ3v) is 4.74. The van der Waals surface area contributed by atoms with Crippen LogP contribution in [-0.2, 0) is 0 Å². The van der Waals surface area contributed by atoms with Crippen molar-refractivity contribution < 1.29 is 5.48 Å². The van der Waals surface area contributed by atoms with Crippen molar-refractivity contribution in [2.24, 2.45) is 0 Å². The first-order valence-electron chi connectivity index (χ1n) is 2.09. The monoisotopic (exact) mass is 218 g/mol. The zero-order valence-corrected chi connectivity index (χ0v) is 7.65. The summed E-state index contributed by atoms with van der Waals surface area (Å²) in [7, 11) is 0. The van der Waals surface area contributed by atoms with Crippen LogP contribution in [0.5, 0.6) is 0 Å². The summed E-state index contributed by atoms with van der Waals surface area (Å²) in [5.41, 5.74) is 0. The van der Waals surface area contributed by atoms with Crippen molar-refractivity contribution in [3.63, 3.8) is 0 Å². The van der Waals surface area contributed by atoms with Crippen LogP contribution in [0.25, 0.3) is 0 Å². The fourth-order valence-corrected chi connectivity index (χ4v) is 1.68. The van der Waals surface area contributed by atoms with E-state index in [1.807, 2.05) is 12.3 Å². The van der Waals surface area contributed by atoms with Crippen molar-refractivity contribution in [2.75, 3.05) is 0 Å². The van der Waals surface area contributed by atoms with Crippen LogP contribution in [0.4, 0.5) is 0 Å². The topological polar surface area (TPSA) is 30.0 Å². The van der Waals surface area contributed by atoms with Gasteiger partial charge in [-0.1, -0.05) is 0 Å². The molecule has 0 aromatic heterocycles. The molecule has 1 nitrogen and oxygen atoms in total. The average Bonchev–Trinajstić information content (AvgIpc) is 1.72. The summed E-state index contributed by atoms with van der Waals surface area (Å²) in [6, 6.07) is 0. The molecule has 0 amide bonds. The molecule has 0 unspecified atom stereocenters. The predicted molar refractivity (Wildman–Crippen MR) is 38.3 cm³/mol. The van der Waals surface area contributed by atoms with Gasteiger partial charge in [0.2, 0.25) is 0 Å². The second-order valence-corrected chi connectivity index (χ2v) is 7.46. The van der Waals surface area contributed by atoms with Crippen molar-refractivity contribution in [1.29, 1.82) is 0 Å². The molecular weight excluding hydrogens is 207 g/mol. The Labute approximate surface area is 57.5 Å². The van der Waals surface area contributed by atoms with E-state index in [0.29, 0.717) is 0 Å². The van der Waals surface area contributed by atoms with Gasteiger partial charge in [0.15, 0.2) is 0 Å². The first-order chi connectivity index (χ1) is 3.35. The normalized spacial score (nSPS) is 6.00. The fourth-order valence-electron chi connectivity index (χ4n) is 0.250. The number of hydrogen-bond acceptors (Lipinski definition) is 1. The number of hydrogen-bond donors (Lipinski definition) is 0. The molecule has 0 rings (SSSR count). The van der Waals surface area contributed by atoms with Gasteiger partial charge in [0.1, 0.15) is 0 Å². The van der Waals surface area contributed by atoms with Gasteiger partial charge in [-0.05, 0) is 0 Å². The van der Waals surface area contributed by atoms with E-state index >= 15 is 0 Å². The molecule has 0 bridgehead atoms. The van der Waals surface area contributed by atoms with Gasteiger partial charge in [-0.25, -0.2) is 0 Å². The molecule has 0 aromatic carbocycles. The molecule has 0 atom stereocenters. The van der Waals surface area contributed by atoms with Crippen molar-refractivity contribution in [3.8, 4) is 0 Å². The van der Waals surface area contributed by atoms with Gasteiger partial charge >= 0.3 is 51.8 Å². The van der Waals surface area contributed by atoms with Crippen molar-refractivity contribution >= 4 is 19.8 Å². The maximum Gasteiger partial charge on any atom is -0.870 e. The van der Waals surface area contributed by atoms with Crippen molar-refractivity contribution in [3.05, 3.63) is 32.0 Å². The minimum atomic E-state index is -1.36. The molecule has 1 N–H and O–H groups in total. The Morgan fingerprint density at radius 2 is 1.12 bits per heavy atom. The summed E-state index contributed by atoms with van der Waals surface area (Å²) < 4.78 is 5.96. The summed E-state index contributed by atoms with van der Waals surface area (Å²) in [5.74, 6) is 0. The molecular formula is C6H10OSn. The zero-order valence-electron chi connectivity index (χ0n) is 4.80. The smallest absolute Gasteiger partial charge is 0.870 e. The maximum absolute atomic E-state index is 3.65. The van der Waals surface area contributed by atoms with Gasteiger partial charge in [0.25, 0.3) is 0 Å². The molecule has 0 fully saturated rings. The summed E-state index contributed by atoms with van der Waals surface area (Å²) in [6.07, 6.45) is 0. The van der Waals surface area contributed by atoms with Crippen LogP contribution in [0.2, 0.25) is 0 Å². The first-order valence-corrected chi connectivity index (χ1v) is 7.03. The largest absolute Gasteiger partial charge is 0.870 e. The summed E-state index contributed by atoms with van der Waals surface area (Å²) in [5, 5.41) is 0. The average molecular weight is 217 g/mol. The Hall–Kier alpha value is -0.0213. The Morgan fingerprint density at radius 3 is 1.12 bits per heavy atom. The molecule has 0 aromatic rings. The van der Waals surface area contributed by atoms with E-state index in [9.17, 15) is 0 Å². The third kappa shape index (κ3) is 4.15. The summed E-state index contributed by atoms with van der Waals surface area (Å²) >= 11 is -1.36. The molecule has 8 heavy (non-hydrogen) atoms. The van der Waals surface area contributed by atoms with E-state index in [1.165, 1.54) is 0 Å². The molecule has 44 valence electrons. The molecule has 0 heterocycles. The summed E-state index contributed by atoms with van der Waals surface area (Å²) in [4.78, 5) is 0. The minimum Gasteiger partial charge on any atom is -0.870 e. The molecule has 0 aliphatic heterocycles. The van der Waals surface area contributed by atoms with E-state index in [0.717, 1.165) is 0 Å². The van der Waals surface area contributed by atoms with Gasteiger partial charge in [-0.3, -0.25) is 0 Å². The van der Waals surface area contributed by atoms with Gasteiger partial charge in [0, 0.05) is 0 Å². The van der Waals surface area contributed by atoms with Crippen LogP contribution in [-0.4, -0.2) is 25.2 Å². The molecule has 0 aliphatic carbocycles. The molecule has 0 spiro atoms. The molecule has 0 saturated carbocycles. The summed E-state index contributed by atoms with van der Waals surface area (Å²) in [6.45, 7) is 10.9. The Morgan fingerprint density at radius 1 is 0.875 bits per heavy atom. The third-order valence-electron chi connectivity index (χ3n) is 0.707. The first kappa shape index (κ1) is 10.9. The minimum absolute atomic E-state index is 0. The Balaban J connectivity index is 0. The van der Waals surface area contributed by atoms with E-state index < -0.39 is 19.8 Å². The second-order valence-electron chi connectivity index (χ2n) is 1.11. The SMILES string of the molecule is C=[CH][Sn+]([CH]=C)[CH]=C.[OH-]. The van der Waals surface area contributed by atoms with Crippen LogP contribution in [0.15, 0.2) is 32.0 Å². The van der Waals surface area contributed by atoms with E-state index in [2.05, 4.69) is 19.7 Å². The van der Waals surface area contributed by atoms with Crippen LogP contribution < -0.4 is 0 Å². The maximum atomic E-state index is 3.65. The molecule has 0 radical (unpaired) electrons.